The van der Waals surface area contributed by atoms with E-state index in [1.54, 1.807) is 44.8 Å². The number of aromatic nitrogens is 2. The van der Waals surface area contributed by atoms with Crippen LogP contribution in [0.5, 0.6) is 11.5 Å². The number of ether oxygens (including phenoxy) is 2. The number of methoxy groups -OCH3 is 2. The van der Waals surface area contributed by atoms with Gasteiger partial charge in [0.15, 0.2) is 0 Å². The summed E-state index contributed by atoms with van der Waals surface area (Å²) >= 11 is 0. The van der Waals surface area contributed by atoms with Gasteiger partial charge in [-0.2, -0.15) is 0 Å². The minimum atomic E-state index is -0.644. The lowest BCUT2D eigenvalue weighted by Crippen LogP contribution is -2.21. The number of hydrogen-bond acceptors (Lipinski definition) is 5. The Morgan fingerprint density at radius 1 is 1.25 bits per heavy atom. The van der Waals surface area contributed by atoms with Crippen LogP contribution in [0.25, 0.3) is 0 Å². The van der Waals surface area contributed by atoms with E-state index in [-0.39, 0.29) is 0 Å². The van der Waals surface area contributed by atoms with Crippen LogP contribution in [0, 0.1) is 0 Å². The van der Waals surface area contributed by atoms with E-state index < -0.39 is 6.10 Å². The molecule has 0 amide bonds. The van der Waals surface area contributed by atoms with Gasteiger partial charge in [-0.05, 0) is 17.7 Å². The van der Waals surface area contributed by atoms with E-state index in [9.17, 15) is 5.11 Å². The van der Waals surface area contributed by atoms with Gasteiger partial charge in [-0.25, -0.2) is 4.98 Å². The molecule has 0 aliphatic heterocycles. The van der Waals surface area contributed by atoms with Crippen molar-refractivity contribution in [1.29, 1.82) is 0 Å². The van der Waals surface area contributed by atoms with Crippen molar-refractivity contribution in [1.82, 2.24) is 15.3 Å². The Labute approximate surface area is 117 Å². The monoisotopic (exact) mass is 277 g/mol. The van der Waals surface area contributed by atoms with Gasteiger partial charge in [0.1, 0.15) is 17.3 Å². The van der Waals surface area contributed by atoms with E-state index in [4.69, 9.17) is 9.47 Å². The summed E-state index contributed by atoms with van der Waals surface area (Å²) in [6.45, 7) is 0.988. The molecule has 6 heteroatoms. The number of aliphatic hydroxyl groups excluding tert-OH is 1. The fourth-order valence-electron chi connectivity index (χ4n) is 1.86. The van der Waals surface area contributed by atoms with E-state index >= 15 is 0 Å². The molecule has 0 saturated carbocycles. The Morgan fingerprint density at radius 3 is 2.50 bits per heavy atom. The van der Waals surface area contributed by atoms with Gasteiger partial charge in [-0.15, -0.1) is 0 Å². The SMILES string of the molecule is COc1cc(OC)cc(C(O)CNCc2ncc[nH]2)c1. The third-order valence-corrected chi connectivity index (χ3v) is 2.94. The van der Waals surface area contributed by atoms with Crippen LogP contribution in [0.1, 0.15) is 17.5 Å². The molecule has 1 heterocycles. The summed E-state index contributed by atoms with van der Waals surface area (Å²) in [6.07, 6.45) is 2.81. The van der Waals surface area contributed by atoms with Crippen molar-refractivity contribution in [3.63, 3.8) is 0 Å². The average molecular weight is 277 g/mol. The molecule has 108 valence electrons. The van der Waals surface area contributed by atoms with Crippen molar-refractivity contribution in [2.45, 2.75) is 12.6 Å². The molecule has 0 aliphatic rings. The lowest BCUT2D eigenvalue weighted by molar-refractivity contribution is 0.173. The van der Waals surface area contributed by atoms with Crippen LogP contribution < -0.4 is 14.8 Å². The van der Waals surface area contributed by atoms with Gasteiger partial charge >= 0.3 is 0 Å². The number of nitrogens with one attached hydrogen (secondary N) is 2. The predicted octanol–water partition coefficient (Wildman–Crippen LogP) is 1.25. The molecule has 0 fully saturated rings. The molecule has 0 saturated heterocycles. The van der Waals surface area contributed by atoms with Crippen LogP contribution >= 0.6 is 0 Å². The highest BCUT2D eigenvalue weighted by Gasteiger charge is 2.11. The molecule has 0 aliphatic carbocycles. The van der Waals surface area contributed by atoms with E-state index in [2.05, 4.69) is 15.3 Å². The number of aromatic amines is 1. The average Bonchev–Trinajstić information content (AvgIpc) is 2.99. The molecule has 2 rings (SSSR count). The Hall–Kier alpha value is -2.05. The first-order chi connectivity index (χ1) is 9.72. The maximum Gasteiger partial charge on any atom is 0.122 e. The summed E-state index contributed by atoms with van der Waals surface area (Å²) in [5.74, 6) is 2.15. The van der Waals surface area contributed by atoms with E-state index in [1.165, 1.54) is 0 Å². The van der Waals surface area contributed by atoms with Crippen molar-refractivity contribution in [2.24, 2.45) is 0 Å². The summed E-state index contributed by atoms with van der Waals surface area (Å²) in [4.78, 5) is 7.09. The minimum absolute atomic E-state index is 0.414. The Kier molecular flexibility index (Phi) is 4.97. The molecule has 1 aromatic heterocycles. The maximum absolute atomic E-state index is 10.2. The van der Waals surface area contributed by atoms with Crippen LogP contribution in [0.4, 0.5) is 0 Å². The molecular formula is C14H19N3O3. The number of hydrogen-bond donors (Lipinski definition) is 3. The lowest BCUT2D eigenvalue weighted by atomic mass is 10.1. The number of rotatable bonds is 7. The topological polar surface area (TPSA) is 79.4 Å². The van der Waals surface area contributed by atoms with Crippen molar-refractivity contribution in [3.8, 4) is 11.5 Å². The number of imidazole rings is 1. The van der Waals surface area contributed by atoms with Gasteiger partial charge in [0.2, 0.25) is 0 Å². The molecule has 2 aromatic rings. The van der Waals surface area contributed by atoms with Crippen LogP contribution in [0.2, 0.25) is 0 Å². The molecule has 1 unspecified atom stereocenters. The fraction of sp³-hybridized carbons (Fsp3) is 0.357. The first-order valence-electron chi connectivity index (χ1n) is 6.33. The normalized spacial score (nSPS) is 12.2. The lowest BCUT2D eigenvalue weighted by Gasteiger charge is -2.14. The van der Waals surface area contributed by atoms with Crippen LogP contribution in [-0.4, -0.2) is 35.8 Å². The van der Waals surface area contributed by atoms with Gasteiger partial charge in [0.05, 0.1) is 26.9 Å². The second-order valence-corrected chi connectivity index (χ2v) is 4.33. The van der Waals surface area contributed by atoms with E-state index in [0.29, 0.717) is 24.6 Å². The zero-order valence-corrected chi connectivity index (χ0v) is 11.6. The smallest absolute Gasteiger partial charge is 0.122 e. The fourth-order valence-corrected chi connectivity index (χ4v) is 1.86. The quantitative estimate of drug-likeness (QED) is 0.710. The molecule has 20 heavy (non-hydrogen) atoms. The Balaban J connectivity index is 1.95. The third kappa shape index (κ3) is 3.72. The number of H-pyrrole nitrogens is 1. The number of aliphatic hydroxyl groups is 1. The van der Waals surface area contributed by atoms with E-state index in [0.717, 1.165) is 11.4 Å². The Bertz CT molecular complexity index is 506. The molecule has 0 spiro atoms. The summed E-state index contributed by atoms with van der Waals surface area (Å²) in [7, 11) is 3.17. The molecule has 6 nitrogen and oxygen atoms in total. The molecule has 1 atom stereocenters. The summed E-state index contributed by atoms with van der Waals surface area (Å²) in [5.41, 5.74) is 0.744. The first kappa shape index (κ1) is 14.4. The van der Waals surface area contributed by atoms with Gasteiger partial charge in [-0.3, -0.25) is 0 Å². The Morgan fingerprint density at radius 2 is 1.95 bits per heavy atom. The molecule has 0 bridgehead atoms. The van der Waals surface area contributed by atoms with E-state index in [1.807, 2.05) is 0 Å². The standard InChI is InChI=1S/C14H19N3O3/c1-19-11-5-10(6-12(7-11)20-2)13(18)8-15-9-14-16-3-4-17-14/h3-7,13,15,18H,8-9H2,1-2H3,(H,16,17). The molecular weight excluding hydrogens is 258 g/mol. The summed E-state index contributed by atoms with van der Waals surface area (Å²) in [5, 5.41) is 13.3. The molecule has 0 radical (unpaired) electrons. The second kappa shape index (κ2) is 6.93. The number of nitrogens with zero attached hydrogens (tertiary/aromatic N) is 1. The second-order valence-electron chi connectivity index (χ2n) is 4.33. The van der Waals surface area contributed by atoms with Gasteiger partial charge < -0.3 is 24.9 Å². The van der Waals surface area contributed by atoms with Crippen molar-refractivity contribution < 1.29 is 14.6 Å². The first-order valence-corrected chi connectivity index (χ1v) is 6.33. The molecule has 1 aromatic carbocycles. The summed E-state index contributed by atoms with van der Waals surface area (Å²) < 4.78 is 10.4. The van der Waals surface area contributed by atoms with Crippen LogP contribution in [-0.2, 0) is 6.54 Å². The van der Waals surface area contributed by atoms with Crippen LogP contribution in [0.15, 0.2) is 30.6 Å². The predicted molar refractivity (Wildman–Crippen MR) is 74.8 cm³/mol. The van der Waals surface area contributed by atoms with Crippen molar-refractivity contribution in [3.05, 3.63) is 42.0 Å². The summed E-state index contributed by atoms with van der Waals surface area (Å²) in [6, 6.07) is 5.36. The highest BCUT2D eigenvalue weighted by molar-refractivity contribution is 5.39. The molecule has 3 N–H and O–H groups in total. The van der Waals surface area contributed by atoms with Gasteiger partial charge in [0.25, 0.3) is 0 Å². The van der Waals surface area contributed by atoms with Crippen molar-refractivity contribution >= 4 is 0 Å². The largest absolute Gasteiger partial charge is 0.497 e. The van der Waals surface area contributed by atoms with Crippen molar-refractivity contribution in [2.75, 3.05) is 20.8 Å². The van der Waals surface area contributed by atoms with Gasteiger partial charge in [-0.1, -0.05) is 0 Å². The third-order valence-electron chi connectivity index (χ3n) is 2.94. The zero-order chi connectivity index (χ0) is 14.4. The zero-order valence-electron chi connectivity index (χ0n) is 11.6. The van der Waals surface area contributed by atoms with Crippen LogP contribution in [0.3, 0.4) is 0 Å². The highest BCUT2D eigenvalue weighted by Crippen LogP contribution is 2.26. The highest BCUT2D eigenvalue weighted by atomic mass is 16.5. The number of benzene rings is 1. The minimum Gasteiger partial charge on any atom is -0.497 e. The van der Waals surface area contributed by atoms with Gasteiger partial charge in [0, 0.05) is 25.0 Å². The maximum atomic E-state index is 10.2.